The fourth-order valence-electron chi connectivity index (χ4n) is 2.53. The molecule has 1 aromatic carbocycles. The number of hydrogen-bond acceptors (Lipinski definition) is 3. The molecule has 1 aliphatic heterocycles. The Bertz CT molecular complexity index is 795. The Kier molecular flexibility index (Phi) is 2.39. The molecule has 1 aliphatic rings. The van der Waals surface area contributed by atoms with Crippen LogP contribution in [0.1, 0.15) is 0 Å². The summed E-state index contributed by atoms with van der Waals surface area (Å²) in [5.74, 6) is 1.60. The van der Waals surface area contributed by atoms with Crippen LogP contribution in [0.3, 0.4) is 0 Å². The standard InChI is InChI=1S/C15H14N3O2/c1-17-10-18(12-3-2-6-16-15(12)17)11-4-5-13-14(9-11)20-8-7-19-13/h2-6,9-10H,7-8H2,1H3/q+1. The fourth-order valence-corrected chi connectivity index (χ4v) is 2.53. The van der Waals surface area contributed by atoms with E-state index in [-0.39, 0.29) is 0 Å². The van der Waals surface area contributed by atoms with Gasteiger partial charge in [-0.25, -0.2) is 9.13 Å². The maximum Gasteiger partial charge on any atom is 0.301 e. The first-order valence-corrected chi connectivity index (χ1v) is 6.55. The summed E-state index contributed by atoms with van der Waals surface area (Å²) in [5, 5.41) is 0. The van der Waals surface area contributed by atoms with Crippen LogP contribution < -0.4 is 14.0 Å². The van der Waals surface area contributed by atoms with Gasteiger partial charge < -0.3 is 9.47 Å². The van der Waals surface area contributed by atoms with Gasteiger partial charge in [-0.3, -0.25) is 0 Å². The number of fused-ring (bicyclic) bond motifs is 2. The second-order valence-electron chi connectivity index (χ2n) is 4.77. The van der Waals surface area contributed by atoms with Crippen LogP contribution in [0.5, 0.6) is 11.5 Å². The van der Waals surface area contributed by atoms with Gasteiger partial charge in [0.2, 0.25) is 0 Å². The predicted molar refractivity (Wildman–Crippen MR) is 73.2 cm³/mol. The van der Waals surface area contributed by atoms with Gasteiger partial charge in [-0.05, 0) is 24.3 Å². The Labute approximate surface area is 116 Å². The molecule has 0 atom stereocenters. The zero-order valence-corrected chi connectivity index (χ0v) is 11.1. The Morgan fingerprint density at radius 3 is 2.90 bits per heavy atom. The number of rotatable bonds is 1. The predicted octanol–water partition coefficient (Wildman–Crippen LogP) is 1.62. The molecule has 20 heavy (non-hydrogen) atoms. The second kappa shape index (κ2) is 4.23. The first kappa shape index (κ1) is 11.3. The van der Waals surface area contributed by atoms with Crippen LogP contribution in [-0.4, -0.2) is 22.8 Å². The molecule has 4 rings (SSSR count). The molecule has 0 unspecified atom stereocenters. The van der Waals surface area contributed by atoms with Crippen molar-refractivity contribution >= 4 is 11.2 Å². The fraction of sp³-hybridized carbons (Fsp3) is 0.200. The summed E-state index contributed by atoms with van der Waals surface area (Å²) in [6, 6.07) is 9.98. The van der Waals surface area contributed by atoms with Gasteiger partial charge in [0.25, 0.3) is 0 Å². The lowest BCUT2D eigenvalue weighted by Crippen LogP contribution is -2.26. The number of aromatic nitrogens is 3. The molecular formula is C15H14N3O2+. The van der Waals surface area contributed by atoms with Gasteiger partial charge in [-0.15, -0.1) is 4.98 Å². The molecule has 0 spiro atoms. The minimum absolute atomic E-state index is 0.595. The third-order valence-corrected chi connectivity index (χ3v) is 3.45. The molecular weight excluding hydrogens is 254 g/mol. The summed E-state index contributed by atoms with van der Waals surface area (Å²) in [5.41, 5.74) is 3.04. The largest absolute Gasteiger partial charge is 0.486 e. The van der Waals surface area contributed by atoms with Crippen molar-refractivity contribution in [1.82, 2.24) is 9.55 Å². The minimum Gasteiger partial charge on any atom is -0.486 e. The number of imidazole rings is 1. The molecule has 5 heteroatoms. The van der Waals surface area contributed by atoms with Crippen molar-refractivity contribution in [3.05, 3.63) is 42.9 Å². The van der Waals surface area contributed by atoms with Crippen LogP contribution in [0.4, 0.5) is 0 Å². The number of aryl methyl sites for hydroxylation is 1. The number of ether oxygens (including phenoxy) is 2. The van der Waals surface area contributed by atoms with E-state index in [4.69, 9.17) is 9.47 Å². The number of hydrogen-bond donors (Lipinski definition) is 0. The minimum atomic E-state index is 0.595. The first-order chi connectivity index (χ1) is 9.83. The van der Waals surface area contributed by atoms with E-state index in [1.807, 2.05) is 42.2 Å². The summed E-state index contributed by atoms with van der Waals surface area (Å²) in [6.07, 6.45) is 3.82. The van der Waals surface area contributed by atoms with Crippen molar-refractivity contribution in [3.63, 3.8) is 0 Å². The summed E-state index contributed by atoms with van der Waals surface area (Å²) >= 11 is 0. The molecule has 2 aromatic heterocycles. The van der Waals surface area contributed by atoms with Crippen molar-refractivity contribution in [2.75, 3.05) is 13.2 Å². The van der Waals surface area contributed by atoms with Gasteiger partial charge in [-0.2, -0.15) is 0 Å². The molecule has 0 saturated carbocycles. The Hall–Kier alpha value is -2.56. The van der Waals surface area contributed by atoms with Crippen LogP contribution in [0.2, 0.25) is 0 Å². The monoisotopic (exact) mass is 268 g/mol. The summed E-state index contributed by atoms with van der Waals surface area (Å²) in [4.78, 5) is 4.40. The Morgan fingerprint density at radius 1 is 1.15 bits per heavy atom. The molecule has 0 radical (unpaired) electrons. The topological polar surface area (TPSA) is 40.2 Å². The van der Waals surface area contributed by atoms with Crippen molar-refractivity contribution in [3.8, 4) is 17.2 Å². The first-order valence-electron chi connectivity index (χ1n) is 6.55. The molecule has 0 amide bonds. The zero-order chi connectivity index (χ0) is 13.5. The molecule has 0 N–H and O–H groups in total. The highest BCUT2D eigenvalue weighted by molar-refractivity contribution is 5.70. The lowest BCUT2D eigenvalue weighted by atomic mass is 10.2. The number of pyridine rings is 1. The number of benzene rings is 1. The Morgan fingerprint density at radius 2 is 2.00 bits per heavy atom. The number of nitrogens with zero attached hydrogens (tertiary/aromatic N) is 3. The van der Waals surface area contributed by atoms with E-state index < -0.39 is 0 Å². The molecule has 3 heterocycles. The lowest BCUT2D eigenvalue weighted by molar-refractivity contribution is -0.647. The van der Waals surface area contributed by atoms with Gasteiger partial charge in [0.05, 0.1) is 7.05 Å². The van der Waals surface area contributed by atoms with Crippen molar-refractivity contribution in [2.45, 2.75) is 0 Å². The highest BCUT2D eigenvalue weighted by atomic mass is 16.6. The van der Waals surface area contributed by atoms with Gasteiger partial charge in [0, 0.05) is 6.07 Å². The zero-order valence-electron chi connectivity index (χ0n) is 11.1. The summed E-state index contributed by atoms with van der Waals surface area (Å²) in [7, 11) is 1.99. The van der Waals surface area contributed by atoms with E-state index in [0.717, 1.165) is 28.4 Å². The van der Waals surface area contributed by atoms with Gasteiger partial charge in [-0.1, -0.05) is 0 Å². The molecule has 0 bridgehead atoms. The third kappa shape index (κ3) is 1.63. The second-order valence-corrected chi connectivity index (χ2v) is 4.77. The Balaban J connectivity index is 1.91. The van der Waals surface area contributed by atoms with Crippen molar-refractivity contribution in [1.29, 1.82) is 0 Å². The maximum atomic E-state index is 5.64. The average Bonchev–Trinajstić information content (AvgIpc) is 2.85. The SMILES string of the molecule is C[n+]1cn(-c2ccc3c(c2)OCCO3)c2cccnc21. The molecule has 3 aromatic rings. The molecule has 0 saturated heterocycles. The molecule has 100 valence electrons. The highest BCUT2D eigenvalue weighted by Gasteiger charge is 2.18. The van der Waals surface area contributed by atoms with E-state index in [9.17, 15) is 0 Å². The van der Waals surface area contributed by atoms with Crippen LogP contribution in [0, 0.1) is 0 Å². The van der Waals surface area contributed by atoms with E-state index in [0.29, 0.717) is 13.2 Å². The van der Waals surface area contributed by atoms with Crippen LogP contribution in [0.25, 0.3) is 16.9 Å². The van der Waals surface area contributed by atoms with Crippen LogP contribution in [-0.2, 0) is 7.05 Å². The van der Waals surface area contributed by atoms with Crippen LogP contribution in [0.15, 0.2) is 42.9 Å². The van der Waals surface area contributed by atoms with Gasteiger partial charge in [0.15, 0.2) is 23.3 Å². The smallest absolute Gasteiger partial charge is 0.301 e. The highest BCUT2D eigenvalue weighted by Crippen LogP contribution is 2.32. The normalized spacial score (nSPS) is 13.7. The molecule has 0 fully saturated rings. The van der Waals surface area contributed by atoms with E-state index in [1.165, 1.54) is 0 Å². The maximum absolute atomic E-state index is 5.64. The summed E-state index contributed by atoms with van der Waals surface area (Å²) in [6.45, 7) is 1.20. The van der Waals surface area contributed by atoms with Crippen molar-refractivity contribution in [2.24, 2.45) is 7.05 Å². The van der Waals surface area contributed by atoms with Crippen LogP contribution >= 0.6 is 0 Å². The quantitative estimate of drug-likeness (QED) is 0.630. The summed E-state index contributed by atoms with van der Waals surface area (Å²) < 4.78 is 15.3. The lowest BCUT2D eigenvalue weighted by Gasteiger charge is -2.18. The van der Waals surface area contributed by atoms with Gasteiger partial charge >= 0.3 is 5.65 Å². The molecule has 5 nitrogen and oxygen atoms in total. The molecule has 0 aliphatic carbocycles. The van der Waals surface area contributed by atoms with E-state index >= 15 is 0 Å². The van der Waals surface area contributed by atoms with Gasteiger partial charge in [0.1, 0.15) is 25.1 Å². The van der Waals surface area contributed by atoms with E-state index in [1.54, 1.807) is 6.20 Å². The van der Waals surface area contributed by atoms with Crippen molar-refractivity contribution < 1.29 is 14.0 Å². The average molecular weight is 268 g/mol. The third-order valence-electron chi connectivity index (χ3n) is 3.45. The van der Waals surface area contributed by atoms with E-state index in [2.05, 4.69) is 15.6 Å².